The van der Waals surface area contributed by atoms with E-state index in [9.17, 15) is 4.79 Å². The lowest BCUT2D eigenvalue weighted by molar-refractivity contribution is 0.0205. The Labute approximate surface area is 105 Å². The van der Waals surface area contributed by atoms with Crippen LogP contribution in [0, 0.1) is 0 Å². The number of amides is 1. The molecule has 1 atom stereocenters. The first kappa shape index (κ1) is 12.3. The lowest BCUT2D eigenvalue weighted by Crippen LogP contribution is -2.40. The fourth-order valence-corrected chi connectivity index (χ4v) is 2.03. The number of aromatic nitrogens is 1. The zero-order chi connectivity index (χ0) is 12.3. The largest absolute Gasteiger partial charge is 0.373 e. The van der Waals surface area contributed by atoms with Crippen molar-refractivity contribution in [2.75, 3.05) is 13.2 Å². The highest BCUT2D eigenvalue weighted by Gasteiger charge is 2.30. The molecule has 92 valence electrons. The zero-order valence-electron chi connectivity index (χ0n) is 9.70. The lowest BCUT2D eigenvalue weighted by atomic mass is 10.0. The number of rotatable bonds is 3. The molecule has 1 amide bonds. The predicted molar refractivity (Wildman–Crippen MR) is 65.2 cm³/mol. The Morgan fingerprint density at radius 1 is 1.65 bits per heavy atom. The van der Waals surface area contributed by atoms with Crippen LogP contribution in [-0.4, -0.2) is 29.6 Å². The van der Waals surface area contributed by atoms with Gasteiger partial charge in [-0.3, -0.25) is 4.79 Å². The van der Waals surface area contributed by atoms with Crippen LogP contribution in [0.2, 0.25) is 5.15 Å². The van der Waals surface area contributed by atoms with Crippen molar-refractivity contribution in [3.05, 3.63) is 29.0 Å². The number of ether oxygens (including phenoxy) is 1. The summed E-state index contributed by atoms with van der Waals surface area (Å²) in [5, 5.41) is 3.14. The van der Waals surface area contributed by atoms with Crippen molar-refractivity contribution in [2.24, 2.45) is 0 Å². The second-order valence-corrected chi connectivity index (χ2v) is 4.82. The second-order valence-electron chi connectivity index (χ2n) is 4.43. The number of halogens is 1. The van der Waals surface area contributed by atoms with Crippen LogP contribution in [0.1, 0.15) is 30.3 Å². The van der Waals surface area contributed by atoms with Gasteiger partial charge in [-0.2, -0.15) is 0 Å². The predicted octanol–water partition coefficient (Wildman–Crippen LogP) is 2.03. The summed E-state index contributed by atoms with van der Waals surface area (Å²) in [6, 6.07) is 4.98. The number of hydrogen-bond donors (Lipinski definition) is 1. The fraction of sp³-hybridized carbons (Fsp3) is 0.500. The number of nitrogens with one attached hydrogen (secondary N) is 1. The van der Waals surface area contributed by atoms with E-state index in [-0.39, 0.29) is 11.5 Å². The van der Waals surface area contributed by atoms with Crippen molar-refractivity contribution in [3.8, 4) is 0 Å². The summed E-state index contributed by atoms with van der Waals surface area (Å²) in [6.07, 6.45) is 2.01. The van der Waals surface area contributed by atoms with Crippen molar-refractivity contribution < 1.29 is 9.53 Å². The third kappa shape index (κ3) is 3.17. The molecule has 0 spiro atoms. The number of pyridine rings is 1. The van der Waals surface area contributed by atoms with E-state index in [1.807, 2.05) is 6.92 Å². The fourth-order valence-electron chi connectivity index (χ4n) is 1.87. The minimum Gasteiger partial charge on any atom is -0.373 e. The summed E-state index contributed by atoms with van der Waals surface area (Å²) >= 11 is 5.73. The van der Waals surface area contributed by atoms with Crippen LogP contribution in [0.3, 0.4) is 0 Å². The molecule has 17 heavy (non-hydrogen) atoms. The third-order valence-corrected chi connectivity index (χ3v) is 3.08. The first-order chi connectivity index (χ1) is 8.09. The summed E-state index contributed by atoms with van der Waals surface area (Å²) in [7, 11) is 0. The number of hydrogen-bond acceptors (Lipinski definition) is 3. The monoisotopic (exact) mass is 254 g/mol. The average Bonchev–Trinajstić information content (AvgIpc) is 2.74. The molecule has 4 nitrogen and oxygen atoms in total. The van der Waals surface area contributed by atoms with Gasteiger partial charge >= 0.3 is 0 Å². The molecular weight excluding hydrogens is 240 g/mol. The van der Waals surface area contributed by atoms with E-state index >= 15 is 0 Å². The molecule has 2 heterocycles. The van der Waals surface area contributed by atoms with Gasteiger partial charge in [0, 0.05) is 13.2 Å². The molecule has 1 aromatic rings. The van der Waals surface area contributed by atoms with E-state index < -0.39 is 0 Å². The summed E-state index contributed by atoms with van der Waals surface area (Å²) in [4.78, 5) is 15.8. The molecule has 2 rings (SSSR count). The minimum absolute atomic E-state index is 0.218. The van der Waals surface area contributed by atoms with Gasteiger partial charge in [-0.1, -0.05) is 17.7 Å². The third-order valence-electron chi connectivity index (χ3n) is 2.87. The van der Waals surface area contributed by atoms with Crippen molar-refractivity contribution >= 4 is 17.5 Å². The Morgan fingerprint density at radius 2 is 2.47 bits per heavy atom. The molecular formula is C12H15ClN2O2. The summed E-state index contributed by atoms with van der Waals surface area (Å²) in [6.45, 7) is 3.27. The molecule has 1 aliphatic rings. The molecule has 0 aromatic carbocycles. The molecule has 1 saturated heterocycles. The second kappa shape index (κ2) is 5.02. The van der Waals surface area contributed by atoms with Crippen molar-refractivity contribution in [1.29, 1.82) is 0 Å². The number of carbonyl (C=O) groups excluding carboxylic acids is 1. The Hall–Kier alpha value is -1.13. The molecule has 1 unspecified atom stereocenters. The molecule has 0 saturated carbocycles. The molecule has 0 bridgehead atoms. The van der Waals surface area contributed by atoms with Gasteiger partial charge in [-0.25, -0.2) is 4.98 Å². The quantitative estimate of drug-likeness (QED) is 0.840. The highest BCUT2D eigenvalue weighted by atomic mass is 35.5. The maximum atomic E-state index is 11.8. The van der Waals surface area contributed by atoms with Gasteiger partial charge in [0.05, 0.1) is 5.60 Å². The average molecular weight is 255 g/mol. The van der Waals surface area contributed by atoms with Crippen LogP contribution >= 0.6 is 11.6 Å². The Balaban J connectivity index is 1.93. The van der Waals surface area contributed by atoms with Crippen LogP contribution in [0.25, 0.3) is 0 Å². The first-order valence-electron chi connectivity index (χ1n) is 5.64. The van der Waals surface area contributed by atoms with Gasteiger partial charge in [0.1, 0.15) is 10.8 Å². The molecule has 1 fully saturated rings. The minimum atomic E-state index is -0.242. The van der Waals surface area contributed by atoms with Gasteiger partial charge in [0.2, 0.25) is 0 Å². The van der Waals surface area contributed by atoms with Gasteiger partial charge < -0.3 is 10.1 Å². The van der Waals surface area contributed by atoms with Gasteiger partial charge in [-0.15, -0.1) is 0 Å². The van der Waals surface area contributed by atoms with Crippen LogP contribution in [-0.2, 0) is 4.74 Å². The maximum absolute atomic E-state index is 11.8. The smallest absolute Gasteiger partial charge is 0.270 e. The van der Waals surface area contributed by atoms with E-state index in [0.29, 0.717) is 17.4 Å². The van der Waals surface area contributed by atoms with Crippen LogP contribution in [0.4, 0.5) is 0 Å². The van der Waals surface area contributed by atoms with Crippen molar-refractivity contribution in [3.63, 3.8) is 0 Å². The molecule has 1 aliphatic heterocycles. The van der Waals surface area contributed by atoms with E-state index in [1.165, 1.54) is 0 Å². The maximum Gasteiger partial charge on any atom is 0.270 e. The Kier molecular flexibility index (Phi) is 3.64. The molecule has 0 radical (unpaired) electrons. The summed E-state index contributed by atoms with van der Waals surface area (Å²) in [5.74, 6) is -0.218. The zero-order valence-corrected chi connectivity index (χ0v) is 10.5. The Morgan fingerprint density at radius 3 is 3.12 bits per heavy atom. The highest BCUT2D eigenvalue weighted by Crippen LogP contribution is 2.23. The number of carbonyl (C=O) groups is 1. The normalized spacial score (nSPS) is 23.6. The van der Waals surface area contributed by atoms with Crippen LogP contribution in [0.5, 0.6) is 0 Å². The standard InChI is InChI=1S/C12H15ClN2O2/c1-12(6-3-7-17-12)8-14-11(16)9-4-2-5-10(13)15-9/h2,4-5H,3,6-8H2,1H3,(H,14,16). The van der Waals surface area contributed by atoms with Crippen molar-refractivity contribution in [1.82, 2.24) is 10.3 Å². The molecule has 5 heteroatoms. The van der Waals surface area contributed by atoms with E-state index in [0.717, 1.165) is 19.4 Å². The van der Waals surface area contributed by atoms with Crippen LogP contribution in [0.15, 0.2) is 18.2 Å². The lowest BCUT2D eigenvalue weighted by Gasteiger charge is -2.23. The van der Waals surface area contributed by atoms with Crippen molar-refractivity contribution in [2.45, 2.75) is 25.4 Å². The van der Waals surface area contributed by atoms with E-state index in [2.05, 4.69) is 10.3 Å². The van der Waals surface area contributed by atoms with Crippen LogP contribution < -0.4 is 5.32 Å². The first-order valence-corrected chi connectivity index (χ1v) is 6.02. The summed E-state index contributed by atoms with van der Waals surface area (Å²) in [5.41, 5.74) is 0.0907. The summed E-state index contributed by atoms with van der Waals surface area (Å²) < 4.78 is 5.59. The SMILES string of the molecule is CC1(CNC(=O)c2cccc(Cl)n2)CCCO1. The van der Waals surface area contributed by atoms with Gasteiger partial charge in [0.25, 0.3) is 5.91 Å². The van der Waals surface area contributed by atoms with Gasteiger partial charge in [-0.05, 0) is 31.9 Å². The number of nitrogens with zero attached hydrogens (tertiary/aromatic N) is 1. The topological polar surface area (TPSA) is 51.2 Å². The molecule has 0 aliphatic carbocycles. The van der Waals surface area contributed by atoms with E-state index in [4.69, 9.17) is 16.3 Å². The molecule has 1 N–H and O–H groups in total. The van der Waals surface area contributed by atoms with Gasteiger partial charge in [0.15, 0.2) is 0 Å². The highest BCUT2D eigenvalue weighted by molar-refractivity contribution is 6.29. The molecule has 1 aromatic heterocycles. The van der Waals surface area contributed by atoms with E-state index in [1.54, 1.807) is 18.2 Å². The Bertz CT molecular complexity index is 417.